The van der Waals surface area contributed by atoms with E-state index in [1.54, 1.807) is 16.8 Å². The zero-order chi connectivity index (χ0) is 8.97. The van der Waals surface area contributed by atoms with Gasteiger partial charge in [0.2, 0.25) is 0 Å². The summed E-state index contributed by atoms with van der Waals surface area (Å²) in [4.78, 5) is 15.4. The monoisotopic (exact) mass is 205 g/mol. The standard InChI is InChI=1S/C7H8ClNO2S/c1-5-6(12-4-9-5)2-3-11-7(8)10/h4H,2-3H2,1H3. The Morgan fingerprint density at radius 2 is 2.58 bits per heavy atom. The molecule has 0 spiro atoms. The molecule has 0 bridgehead atoms. The van der Waals surface area contributed by atoms with Crippen molar-refractivity contribution in [3.8, 4) is 0 Å². The summed E-state index contributed by atoms with van der Waals surface area (Å²) in [6.07, 6.45) is 0.689. The Kier molecular flexibility index (Phi) is 3.49. The van der Waals surface area contributed by atoms with E-state index in [1.165, 1.54) is 0 Å². The molecule has 66 valence electrons. The maximum Gasteiger partial charge on any atom is 0.403 e. The van der Waals surface area contributed by atoms with Crippen molar-refractivity contribution >= 4 is 28.4 Å². The second-order valence-electron chi connectivity index (χ2n) is 2.20. The van der Waals surface area contributed by atoms with Crippen LogP contribution in [0.3, 0.4) is 0 Å². The van der Waals surface area contributed by atoms with Crippen LogP contribution in [-0.4, -0.2) is 17.0 Å². The molecule has 12 heavy (non-hydrogen) atoms. The summed E-state index contributed by atoms with van der Waals surface area (Å²) < 4.78 is 4.58. The van der Waals surface area contributed by atoms with E-state index in [4.69, 9.17) is 11.6 Å². The molecule has 0 unspecified atom stereocenters. The minimum absolute atomic E-state index is 0.325. The number of hydrogen-bond donors (Lipinski definition) is 0. The molecule has 1 aromatic rings. The number of carbonyl (C=O) groups is 1. The quantitative estimate of drug-likeness (QED) is 0.712. The van der Waals surface area contributed by atoms with Crippen LogP contribution in [0.15, 0.2) is 5.51 Å². The molecule has 1 rings (SSSR count). The molecule has 3 nitrogen and oxygen atoms in total. The van der Waals surface area contributed by atoms with E-state index in [1.807, 2.05) is 6.92 Å². The Balaban J connectivity index is 2.33. The van der Waals surface area contributed by atoms with Crippen molar-refractivity contribution in [3.63, 3.8) is 0 Å². The molecule has 1 aromatic heterocycles. The minimum Gasteiger partial charge on any atom is -0.453 e. The van der Waals surface area contributed by atoms with Gasteiger partial charge in [0.05, 0.1) is 17.8 Å². The molecule has 0 aliphatic heterocycles. The fourth-order valence-corrected chi connectivity index (χ4v) is 1.63. The highest BCUT2D eigenvalue weighted by atomic mass is 35.5. The van der Waals surface area contributed by atoms with Crippen LogP contribution in [0.4, 0.5) is 4.79 Å². The first-order valence-corrected chi connectivity index (χ1v) is 4.67. The van der Waals surface area contributed by atoms with E-state index < -0.39 is 5.43 Å². The number of aryl methyl sites for hydroxylation is 1. The topological polar surface area (TPSA) is 39.2 Å². The van der Waals surface area contributed by atoms with Gasteiger partial charge in [0, 0.05) is 22.9 Å². The Morgan fingerprint density at radius 3 is 3.08 bits per heavy atom. The molecule has 0 amide bonds. The first kappa shape index (κ1) is 9.48. The minimum atomic E-state index is -0.753. The molecule has 0 fully saturated rings. The van der Waals surface area contributed by atoms with Crippen LogP contribution in [-0.2, 0) is 11.2 Å². The molecule has 0 saturated carbocycles. The predicted octanol–water partition coefficient (Wildman–Crippen LogP) is 2.37. The Hall–Kier alpha value is -0.610. The van der Waals surface area contributed by atoms with Crippen molar-refractivity contribution in [3.05, 3.63) is 16.1 Å². The first-order valence-electron chi connectivity index (χ1n) is 3.41. The Bertz CT molecular complexity index is 274. The number of hydrogen-bond acceptors (Lipinski definition) is 4. The largest absolute Gasteiger partial charge is 0.453 e. The lowest BCUT2D eigenvalue weighted by Gasteiger charge is -1.98. The van der Waals surface area contributed by atoms with Gasteiger partial charge in [-0.1, -0.05) is 0 Å². The van der Waals surface area contributed by atoms with Gasteiger partial charge in [-0.3, -0.25) is 0 Å². The highest BCUT2D eigenvalue weighted by Gasteiger charge is 2.02. The van der Waals surface area contributed by atoms with Gasteiger partial charge in [0.25, 0.3) is 0 Å². The van der Waals surface area contributed by atoms with E-state index in [9.17, 15) is 4.79 Å². The van der Waals surface area contributed by atoms with Crippen LogP contribution >= 0.6 is 22.9 Å². The zero-order valence-electron chi connectivity index (χ0n) is 6.54. The highest BCUT2D eigenvalue weighted by Crippen LogP contribution is 2.12. The SMILES string of the molecule is Cc1ncsc1CCOC(=O)Cl. The molecule has 0 saturated heterocycles. The fraction of sp³-hybridized carbons (Fsp3) is 0.429. The third kappa shape index (κ3) is 2.79. The Labute approximate surface area is 79.3 Å². The summed E-state index contributed by atoms with van der Waals surface area (Å²) in [5.74, 6) is 0. The third-order valence-electron chi connectivity index (χ3n) is 1.39. The Morgan fingerprint density at radius 1 is 1.83 bits per heavy atom. The molecule has 0 N–H and O–H groups in total. The van der Waals surface area contributed by atoms with Gasteiger partial charge in [0.1, 0.15) is 0 Å². The van der Waals surface area contributed by atoms with Gasteiger partial charge in [-0.2, -0.15) is 0 Å². The van der Waals surface area contributed by atoms with E-state index in [0.717, 1.165) is 10.6 Å². The number of halogens is 1. The lowest BCUT2D eigenvalue weighted by molar-refractivity contribution is 0.175. The molecule has 0 radical (unpaired) electrons. The molecular weight excluding hydrogens is 198 g/mol. The van der Waals surface area contributed by atoms with Crippen LogP contribution in [0.1, 0.15) is 10.6 Å². The molecule has 0 aromatic carbocycles. The summed E-state index contributed by atoms with van der Waals surface area (Å²) >= 11 is 6.54. The summed E-state index contributed by atoms with van der Waals surface area (Å²) in [6, 6.07) is 0. The van der Waals surface area contributed by atoms with Crippen molar-refractivity contribution in [1.82, 2.24) is 4.98 Å². The van der Waals surface area contributed by atoms with E-state index in [-0.39, 0.29) is 0 Å². The van der Waals surface area contributed by atoms with Crippen molar-refractivity contribution in [1.29, 1.82) is 0 Å². The van der Waals surface area contributed by atoms with Gasteiger partial charge in [-0.15, -0.1) is 11.3 Å². The van der Waals surface area contributed by atoms with Crippen molar-refractivity contribution in [2.75, 3.05) is 6.61 Å². The van der Waals surface area contributed by atoms with E-state index in [0.29, 0.717) is 13.0 Å². The summed E-state index contributed by atoms with van der Waals surface area (Å²) in [6.45, 7) is 2.25. The number of nitrogens with zero attached hydrogens (tertiary/aromatic N) is 1. The molecule has 5 heteroatoms. The maximum absolute atomic E-state index is 10.2. The molecule has 0 aliphatic carbocycles. The number of carbonyl (C=O) groups excluding carboxylic acids is 1. The number of aromatic nitrogens is 1. The lowest BCUT2D eigenvalue weighted by Crippen LogP contribution is -1.99. The lowest BCUT2D eigenvalue weighted by atomic mass is 10.3. The summed E-state index contributed by atoms with van der Waals surface area (Å²) in [5.41, 5.74) is 2.01. The smallest absolute Gasteiger partial charge is 0.403 e. The summed E-state index contributed by atoms with van der Waals surface area (Å²) in [7, 11) is 0. The maximum atomic E-state index is 10.2. The first-order chi connectivity index (χ1) is 5.70. The highest BCUT2D eigenvalue weighted by molar-refractivity contribution is 7.09. The van der Waals surface area contributed by atoms with Gasteiger partial charge >= 0.3 is 5.43 Å². The van der Waals surface area contributed by atoms with E-state index >= 15 is 0 Å². The van der Waals surface area contributed by atoms with Crippen LogP contribution < -0.4 is 0 Å². The fourth-order valence-electron chi connectivity index (χ4n) is 0.790. The number of thiazole rings is 1. The van der Waals surface area contributed by atoms with Crippen molar-refractivity contribution < 1.29 is 9.53 Å². The van der Waals surface area contributed by atoms with Crippen LogP contribution in [0.25, 0.3) is 0 Å². The normalized spacial score (nSPS) is 9.83. The van der Waals surface area contributed by atoms with E-state index in [2.05, 4.69) is 9.72 Å². The van der Waals surface area contributed by atoms with Crippen molar-refractivity contribution in [2.24, 2.45) is 0 Å². The molecule has 1 heterocycles. The average molecular weight is 206 g/mol. The third-order valence-corrected chi connectivity index (χ3v) is 2.49. The second kappa shape index (κ2) is 4.42. The molecule has 0 atom stereocenters. The van der Waals surface area contributed by atoms with Crippen LogP contribution in [0.2, 0.25) is 0 Å². The number of ether oxygens (including phenoxy) is 1. The zero-order valence-corrected chi connectivity index (χ0v) is 8.11. The van der Waals surface area contributed by atoms with Crippen LogP contribution in [0.5, 0.6) is 0 Å². The molecular formula is C7H8ClNO2S. The predicted molar refractivity (Wildman–Crippen MR) is 47.8 cm³/mol. The van der Waals surface area contributed by atoms with Crippen molar-refractivity contribution in [2.45, 2.75) is 13.3 Å². The molecule has 0 aliphatic rings. The number of rotatable bonds is 3. The average Bonchev–Trinajstić information content (AvgIpc) is 2.36. The summed E-state index contributed by atoms with van der Waals surface area (Å²) in [5, 5.41) is 0. The van der Waals surface area contributed by atoms with Gasteiger partial charge in [-0.05, 0) is 6.92 Å². The van der Waals surface area contributed by atoms with Gasteiger partial charge in [-0.25, -0.2) is 9.78 Å². The van der Waals surface area contributed by atoms with Gasteiger partial charge in [0.15, 0.2) is 0 Å². The second-order valence-corrected chi connectivity index (χ2v) is 3.44. The van der Waals surface area contributed by atoms with Gasteiger partial charge < -0.3 is 4.74 Å². The van der Waals surface area contributed by atoms with Crippen LogP contribution in [0, 0.1) is 6.92 Å².